The van der Waals surface area contributed by atoms with Gasteiger partial charge in [-0.1, -0.05) is 0 Å². The molecular formula is C9H14N4O. The number of carbonyl (C=O) groups is 1. The van der Waals surface area contributed by atoms with Crippen LogP contribution < -0.4 is 16.8 Å². The predicted octanol–water partition coefficient (Wildman–Crippen LogP) is 0.341. The zero-order valence-corrected chi connectivity index (χ0v) is 7.86. The van der Waals surface area contributed by atoms with Crippen molar-refractivity contribution >= 4 is 17.4 Å². The summed E-state index contributed by atoms with van der Waals surface area (Å²) in [5.74, 6) is 0.473. The van der Waals surface area contributed by atoms with Crippen LogP contribution in [0.5, 0.6) is 0 Å². The first kappa shape index (κ1) is 10.3. The molecule has 76 valence electrons. The molecule has 1 amide bonds. The molecule has 5 heteroatoms. The first-order valence-electron chi connectivity index (χ1n) is 4.42. The number of hydrogen-bond donors (Lipinski definition) is 3. The van der Waals surface area contributed by atoms with Gasteiger partial charge in [-0.2, -0.15) is 0 Å². The number of nitrogen functional groups attached to an aromatic ring is 1. The molecule has 0 aliphatic carbocycles. The monoisotopic (exact) mass is 194 g/mol. The van der Waals surface area contributed by atoms with E-state index >= 15 is 0 Å². The Morgan fingerprint density at radius 2 is 2.29 bits per heavy atom. The van der Waals surface area contributed by atoms with Crippen LogP contribution in [0, 0.1) is 0 Å². The second kappa shape index (κ2) is 5.06. The van der Waals surface area contributed by atoms with Crippen molar-refractivity contribution in [1.29, 1.82) is 0 Å². The number of pyridine rings is 1. The molecule has 1 aromatic rings. The van der Waals surface area contributed by atoms with Gasteiger partial charge in [-0.3, -0.25) is 4.79 Å². The van der Waals surface area contributed by atoms with Gasteiger partial charge < -0.3 is 16.8 Å². The molecule has 0 radical (unpaired) electrons. The van der Waals surface area contributed by atoms with Crippen LogP contribution >= 0.6 is 0 Å². The van der Waals surface area contributed by atoms with Gasteiger partial charge in [-0.15, -0.1) is 0 Å². The van der Waals surface area contributed by atoms with E-state index < -0.39 is 0 Å². The van der Waals surface area contributed by atoms with Gasteiger partial charge in [-0.25, -0.2) is 4.98 Å². The molecule has 0 bridgehead atoms. The zero-order valence-electron chi connectivity index (χ0n) is 7.86. The average molecular weight is 194 g/mol. The highest BCUT2D eigenvalue weighted by molar-refractivity contribution is 5.73. The number of aromatic nitrogens is 1. The summed E-state index contributed by atoms with van der Waals surface area (Å²) in [6.45, 7) is 0.680. The maximum absolute atomic E-state index is 10.4. The van der Waals surface area contributed by atoms with Crippen molar-refractivity contribution in [3.05, 3.63) is 18.3 Å². The number of hydrogen-bond acceptors (Lipinski definition) is 4. The summed E-state index contributed by atoms with van der Waals surface area (Å²) in [6, 6.07) is 3.56. The van der Waals surface area contributed by atoms with Crippen molar-refractivity contribution in [3.63, 3.8) is 0 Å². The van der Waals surface area contributed by atoms with Gasteiger partial charge >= 0.3 is 0 Å². The average Bonchev–Trinajstić information content (AvgIpc) is 2.15. The van der Waals surface area contributed by atoms with E-state index in [1.807, 2.05) is 0 Å². The highest BCUT2D eigenvalue weighted by atomic mass is 16.1. The number of primary amides is 1. The van der Waals surface area contributed by atoms with Crippen LogP contribution in [-0.2, 0) is 4.79 Å². The molecule has 0 fully saturated rings. The lowest BCUT2D eigenvalue weighted by Crippen LogP contribution is -2.12. The maximum Gasteiger partial charge on any atom is 0.217 e. The third-order valence-corrected chi connectivity index (χ3v) is 1.69. The summed E-state index contributed by atoms with van der Waals surface area (Å²) in [7, 11) is 0. The molecule has 0 aliphatic rings. The Morgan fingerprint density at radius 3 is 2.86 bits per heavy atom. The molecule has 0 aromatic carbocycles. The fourth-order valence-corrected chi connectivity index (χ4v) is 0.989. The van der Waals surface area contributed by atoms with E-state index in [0.29, 0.717) is 25.1 Å². The molecule has 14 heavy (non-hydrogen) atoms. The molecule has 1 aromatic heterocycles. The minimum absolute atomic E-state index is 0.280. The Balaban J connectivity index is 2.25. The molecule has 5 nitrogen and oxygen atoms in total. The Bertz CT molecular complexity index is 296. The summed E-state index contributed by atoms with van der Waals surface area (Å²) >= 11 is 0. The molecule has 5 N–H and O–H groups in total. The van der Waals surface area contributed by atoms with E-state index in [0.717, 1.165) is 5.82 Å². The molecule has 0 aliphatic heterocycles. The van der Waals surface area contributed by atoms with Gasteiger partial charge in [0.15, 0.2) is 0 Å². The number of nitrogens with two attached hydrogens (primary N) is 2. The fourth-order valence-electron chi connectivity index (χ4n) is 0.989. The fraction of sp³-hybridized carbons (Fsp3) is 0.333. The second-order valence-electron chi connectivity index (χ2n) is 2.97. The van der Waals surface area contributed by atoms with Crippen molar-refractivity contribution in [3.8, 4) is 0 Å². The quantitative estimate of drug-likeness (QED) is 0.589. The number of amides is 1. The van der Waals surface area contributed by atoms with E-state index in [9.17, 15) is 4.79 Å². The van der Waals surface area contributed by atoms with E-state index in [2.05, 4.69) is 10.3 Å². The molecular weight excluding hydrogens is 180 g/mol. The van der Waals surface area contributed by atoms with Crippen molar-refractivity contribution in [1.82, 2.24) is 4.98 Å². The minimum Gasteiger partial charge on any atom is -0.397 e. The number of carbonyl (C=O) groups excluding carboxylic acids is 1. The molecule has 0 saturated carbocycles. The van der Waals surface area contributed by atoms with Gasteiger partial charge in [-0.05, 0) is 18.6 Å². The van der Waals surface area contributed by atoms with Gasteiger partial charge in [0.1, 0.15) is 5.82 Å². The van der Waals surface area contributed by atoms with Gasteiger partial charge in [0.2, 0.25) is 5.91 Å². The third-order valence-electron chi connectivity index (χ3n) is 1.69. The van der Waals surface area contributed by atoms with Crippen LogP contribution in [0.2, 0.25) is 0 Å². The van der Waals surface area contributed by atoms with E-state index in [1.165, 1.54) is 0 Å². The number of nitrogens with zero attached hydrogens (tertiary/aromatic N) is 1. The second-order valence-corrected chi connectivity index (χ2v) is 2.97. The van der Waals surface area contributed by atoms with Crippen molar-refractivity contribution < 1.29 is 4.79 Å². The molecule has 0 spiro atoms. The largest absolute Gasteiger partial charge is 0.397 e. The summed E-state index contributed by atoms with van der Waals surface area (Å²) in [5.41, 5.74) is 11.1. The van der Waals surface area contributed by atoms with Crippen LogP contribution in [0.3, 0.4) is 0 Å². The van der Waals surface area contributed by atoms with E-state index in [4.69, 9.17) is 11.5 Å². The van der Waals surface area contributed by atoms with Crippen LogP contribution in [-0.4, -0.2) is 17.4 Å². The van der Waals surface area contributed by atoms with Crippen LogP contribution in [0.15, 0.2) is 18.3 Å². The van der Waals surface area contributed by atoms with E-state index in [-0.39, 0.29) is 5.91 Å². The lowest BCUT2D eigenvalue weighted by Gasteiger charge is -2.03. The maximum atomic E-state index is 10.4. The highest BCUT2D eigenvalue weighted by Crippen LogP contribution is 2.05. The zero-order chi connectivity index (χ0) is 10.4. The summed E-state index contributed by atoms with van der Waals surface area (Å²) in [5, 5.41) is 3.05. The van der Waals surface area contributed by atoms with Crippen LogP contribution in [0.4, 0.5) is 11.5 Å². The van der Waals surface area contributed by atoms with Crippen LogP contribution in [0.1, 0.15) is 12.8 Å². The number of anilines is 2. The Hall–Kier alpha value is -1.78. The minimum atomic E-state index is -0.280. The predicted molar refractivity (Wildman–Crippen MR) is 55.6 cm³/mol. The molecule has 0 atom stereocenters. The molecule has 0 saturated heterocycles. The summed E-state index contributed by atoms with van der Waals surface area (Å²) < 4.78 is 0. The smallest absolute Gasteiger partial charge is 0.217 e. The molecule has 0 unspecified atom stereocenters. The van der Waals surface area contributed by atoms with E-state index in [1.54, 1.807) is 18.3 Å². The molecule has 1 rings (SSSR count). The summed E-state index contributed by atoms with van der Waals surface area (Å²) in [6.07, 6.45) is 2.68. The van der Waals surface area contributed by atoms with Gasteiger partial charge in [0.05, 0.1) is 11.9 Å². The Morgan fingerprint density at radius 1 is 1.50 bits per heavy atom. The molecule has 1 heterocycles. The first-order chi connectivity index (χ1) is 6.68. The van der Waals surface area contributed by atoms with Crippen LogP contribution in [0.25, 0.3) is 0 Å². The van der Waals surface area contributed by atoms with Crippen molar-refractivity contribution in [2.45, 2.75) is 12.8 Å². The standard InChI is InChI=1S/C9H14N4O/c10-7-3-4-9(13-6-7)12-5-1-2-8(11)14/h3-4,6H,1-2,5,10H2,(H2,11,14)(H,12,13). The Labute approximate surface area is 82.5 Å². The first-order valence-corrected chi connectivity index (χ1v) is 4.42. The SMILES string of the molecule is NC(=O)CCCNc1ccc(N)cn1. The summed E-state index contributed by atoms with van der Waals surface area (Å²) in [4.78, 5) is 14.5. The van der Waals surface area contributed by atoms with Gasteiger partial charge in [0, 0.05) is 13.0 Å². The van der Waals surface area contributed by atoms with Gasteiger partial charge in [0.25, 0.3) is 0 Å². The lowest BCUT2D eigenvalue weighted by molar-refractivity contribution is -0.118. The number of rotatable bonds is 5. The van der Waals surface area contributed by atoms with Crippen molar-refractivity contribution in [2.24, 2.45) is 5.73 Å². The number of nitrogens with one attached hydrogen (secondary N) is 1. The topological polar surface area (TPSA) is 94.0 Å². The normalized spacial score (nSPS) is 9.71. The highest BCUT2D eigenvalue weighted by Gasteiger charge is 1.95. The van der Waals surface area contributed by atoms with Crippen molar-refractivity contribution in [2.75, 3.05) is 17.6 Å². The third kappa shape index (κ3) is 3.75. The Kier molecular flexibility index (Phi) is 3.72. The lowest BCUT2D eigenvalue weighted by atomic mass is 10.3.